The fraction of sp³-hybridized carbons (Fsp3) is 0.818. The summed E-state index contributed by atoms with van der Waals surface area (Å²) in [4.78, 5) is 22.7. The molecule has 1 fully saturated rings. The van der Waals surface area contributed by atoms with E-state index in [0.717, 1.165) is 4.31 Å². The van der Waals surface area contributed by atoms with Crippen LogP contribution in [0, 0.1) is 5.92 Å². The van der Waals surface area contributed by atoms with Crippen LogP contribution in [0.25, 0.3) is 0 Å². The average molecular weight is 292 g/mol. The van der Waals surface area contributed by atoms with E-state index in [1.165, 1.54) is 0 Å². The smallest absolute Gasteiger partial charge is 0.326 e. The lowest BCUT2D eigenvalue weighted by atomic mass is 10.0. The average Bonchev–Trinajstić information content (AvgIpc) is 2.56. The maximum atomic E-state index is 11.7. The second kappa shape index (κ2) is 6.33. The molecular weight excluding hydrogens is 272 g/mol. The summed E-state index contributed by atoms with van der Waals surface area (Å²) < 4.78 is 24.1. The van der Waals surface area contributed by atoms with Gasteiger partial charge in [-0.25, -0.2) is 13.2 Å². The molecule has 0 unspecified atom stereocenters. The second-order valence-electron chi connectivity index (χ2n) is 5.09. The molecule has 1 saturated heterocycles. The highest BCUT2D eigenvalue weighted by Crippen LogP contribution is 2.12. The Bertz CT molecular complexity index is 446. The van der Waals surface area contributed by atoms with Gasteiger partial charge in [-0.15, -0.1) is 0 Å². The molecule has 0 aromatic rings. The number of rotatable bonds is 6. The molecule has 1 aliphatic rings. The monoisotopic (exact) mass is 292 g/mol. The molecule has 1 rings (SSSR count). The van der Waals surface area contributed by atoms with Crippen LogP contribution in [0.2, 0.25) is 0 Å². The summed E-state index contributed by atoms with van der Waals surface area (Å²) in [5.41, 5.74) is 0. The first kappa shape index (κ1) is 15.9. The van der Waals surface area contributed by atoms with Crippen LogP contribution in [0.5, 0.6) is 0 Å². The van der Waals surface area contributed by atoms with E-state index in [1.54, 1.807) is 0 Å². The van der Waals surface area contributed by atoms with Crippen molar-refractivity contribution in [3.05, 3.63) is 0 Å². The number of carboxylic acid groups (broad SMARTS) is 1. The van der Waals surface area contributed by atoms with Crippen molar-refractivity contribution in [2.45, 2.75) is 32.7 Å². The number of hydrogen-bond donors (Lipinski definition) is 2. The molecule has 0 aromatic carbocycles. The number of amides is 1. The Morgan fingerprint density at radius 3 is 2.42 bits per heavy atom. The minimum atomic E-state index is -3.34. The van der Waals surface area contributed by atoms with Crippen LogP contribution in [0.1, 0.15) is 26.7 Å². The van der Waals surface area contributed by atoms with Crippen LogP contribution < -0.4 is 5.32 Å². The lowest BCUT2D eigenvalue weighted by Gasteiger charge is -2.19. The number of sulfonamides is 1. The van der Waals surface area contributed by atoms with Crippen molar-refractivity contribution in [1.29, 1.82) is 0 Å². The molecule has 1 aliphatic heterocycles. The molecule has 110 valence electrons. The van der Waals surface area contributed by atoms with E-state index in [0.29, 0.717) is 19.4 Å². The van der Waals surface area contributed by atoms with Crippen LogP contribution in [0.4, 0.5) is 0 Å². The van der Waals surface area contributed by atoms with Gasteiger partial charge in [-0.2, -0.15) is 4.31 Å². The zero-order chi connectivity index (χ0) is 14.6. The highest BCUT2D eigenvalue weighted by Gasteiger charge is 2.31. The first-order valence-corrected chi connectivity index (χ1v) is 7.83. The topological polar surface area (TPSA) is 104 Å². The Kier molecular flexibility index (Phi) is 5.30. The van der Waals surface area contributed by atoms with Crippen molar-refractivity contribution in [2.24, 2.45) is 5.92 Å². The Labute approximate surface area is 113 Å². The van der Waals surface area contributed by atoms with Crippen molar-refractivity contribution in [2.75, 3.05) is 18.8 Å². The lowest BCUT2D eigenvalue weighted by molar-refractivity contribution is -0.142. The number of carbonyl (C=O) groups is 2. The molecule has 1 amide bonds. The van der Waals surface area contributed by atoms with Gasteiger partial charge in [0.2, 0.25) is 15.9 Å². The van der Waals surface area contributed by atoms with Gasteiger partial charge < -0.3 is 10.4 Å². The van der Waals surface area contributed by atoms with Gasteiger partial charge in [0.05, 0.1) is 12.3 Å². The largest absolute Gasteiger partial charge is 0.480 e. The fourth-order valence-corrected chi connectivity index (χ4v) is 3.44. The van der Waals surface area contributed by atoms with Gasteiger partial charge in [0.1, 0.15) is 6.04 Å². The minimum absolute atomic E-state index is 0.0502. The molecule has 1 heterocycles. The van der Waals surface area contributed by atoms with Crippen molar-refractivity contribution in [3.8, 4) is 0 Å². The molecule has 0 spiro atoms. The van der Waals surface area contributed by atoms with E-state index >= 15 is 0 Å². The summed E-state index contributed by atoms with van der Waals surface area (Å²) in [6.07, 6.45) is 0.817. The van der Waals surface area contributed by atoms with Gasteiger partial charge in [0, 0.05) is 6.54 Å². The number of carboxylic acids is 1. The molecule has 1 atom stereocenters. The van der Waals surface area contributed by atoms with Crippen LogP contribution in [0.3, 0.4) is 0 Å². The summed E-state index contributed by atoms with van der Waals surface area (Å²) in [5, 5.41) is 11.4. The van der Waals surface area contributed by atoms with Crippen LogP contribution >= 0.6 is 0 Å². The van der Waals surface area contributed by atoms with Gasteiger partial charge in [0.15, 0.2) is 0 Å². The summed E-state index contributed by atoms with van der Waals surface area (Å²) >= 11 is 0. The van der Waals surface area contributed by atoms with E-state index in [-0.39, 0.29) is 18.2 Å². The SMILES string of the molecule is CC(C)C[C@@H](NC(=O)CN1CCCS1(=O)=O)C(=O)O. The Morgan fingerprint density at radius 1 is 1.37 bits per heavy atom. The summed E-state index contributed by atoms with van der Waals surface area (Å²) in [6.45, 7) is 3.72. The number of nitrogens with one attached hydrogen (secondary N) is 1. The van der Waals surface area contributed by atoms with Crippen molar-refractivity contribution in [3.63, 3.8) is 0 Å². The minimum Gasteiger partial charge on any atom is -0.480 e. The molecule has 2 N–H and O–H groups in total. The standard InChI is InChI=1S/C11H20N2O5S/c1-8(2)6-9(11(15)16)12-10(14)7-13-4-3-5-19(13,17)18/h8-9H,3-7H2,1-2H3,(H,12,14)(H,15,16)/t9-/m1/s1. The predicted octanol–water partition coefficient (Wildman–Crippen LogP) is -0.363. The molecule has 8 heteroatoms. The highest BCUT2D eigenvalue weighted by atomic mass is 32.2. The first-order valence-electron chi connectivity index (χ1n) is 6.22. The summed E-state index contributed by atoms with van der Waals surface area (Å²) in [5.74, 6) is -1.50. The summed E-state index contributed by atoms with van der Waals surface area (Å²) in [6, 6.07) is -0.974. The van der Waals surface area contributed by atoms with E-state index in [4.69, 9.17) is 5.11 Å². The van der Waals surface area contributed by atoms with Crippen molar-refractivity contribution >= 4 is 21.9 Å². The molecular formula is C11H20N2O5S. The Hall–Kier alpha value is -1.15. The predicted molar refractivity (Wildman–Crippen MR) is 69.0 cm³/mol. The Balaban J connectivity index is 2.56. The molecule has 19 heavy (non-hydrogen) atoms. The van der Waals surface area contributed by atoms with Crippen LogP contribution in [0.15, 0.2) is 0 Å². The molecule has 0 saturated carbocycles. The van der Waals surface area contributed by atoms with E-state index in [1.807, 2.05) is 13.8 Å². The van der Waals surface area contributed by atoms with E-state index in [9.17, 15) is 18.0 Å². The number of aliphatic carboxylic acids is 1. The Morgan fingerprint density at radius 2 is 2.00 bits per heavy atom. The first-order chi connectivity index (χ1) is 8.72. The fourth-order valence-electron chi connectivity index (χ4n) is 1.96. The zero-order valence-corrected chi connectivity index (χ0v) is 11.9. The van der Waals surface area contributed by atoms with Crippen LogP contribution in [-0.4, -0.2) is 54.6 Å². The van der Waals surface area contributed by atoms with Gasteiger partial charge in [-0.05, 0) is 18.8 Å². The highest BCUT2D eigenvalue weighted by molar-refractivity contribution is 7.89. The van der Waals surface area contributed by atoms with Crippen molar-refractivity contribution < 1.29 is 23.1 Å². The van der Waals surface area contributed by atoms with Gasteiger partial charge in [0.25, 0.3) is 0 Å². The maximum Gasteiger partial charge on any atom is 0.326 e. The second-order valence-corrected chi connectivity index (χ2v) is 7.18. The number of hydrogen-bond acceptors (Lipinski definition) is 4. The molecule has 0 bridgehead atoms. The third-order valence-electron chi connectivity index (χ3n) is 2.86. The number of nitrogens with zero attached hydrogens (tertiary/aromatic N) is 1. The van der Waals surface area contributed by atoms with Crippen molar-refractivity contribution in [1.82, 2.24) is 9.62 Å². The molecule has 0 radical (unpaired) electrons. The molecule has 0 aromatic heterocycles. The maximum absolute atomic E-state index is 11.7. The lowest BCUT2D eigenvalue weighted by Crippen LogP contribution is -2.46. The van der Waals surface area contributed by atoms with Crippen LogP contribution in [-0.2, 0) is 19.6 Å². The molecule has 7 nitrogen and oxygen atoms in total. The number of carbonyl (C=O) groups excluding carboxylic acids is 1. The third-order valence-corrected chi connectivity index (χ3v) is 4.77. The summed E-state index contributed by atoms with van der Waals surface area (Å²) in [7, 11) is -3.34. The quantitative estimate of drug-likeness (QED) is 0.695. The van der Waals surface area contributed by atoms with E-state index < -0.39 is 27.9 Å². The van der Waals surface area contributed by atoms with E-state index in [2.05, 4.69) is 5.32 Å². The van der Waals surface area contributed by atoms with Gasteiger partial charge in [-0.1, -0.05) is 13.8 Å². The van der Waals surface area contributed by atoms with Gasteiger partial charge >= 0.3 is 5.97 Å². The normalized spacial score (nSPS) is 20.4. The molecule has 0 aliphatic carbocycles. The van der Waals surface area contributed by atoms with Gasteiger partial charge in [-0.3, -0.25) is 4.79 Å². The third kappa shape index (κ3) is 4.79. The zero-order valence-electron chi connectivity index (χ0n) is 11.1.